The van der Waals surface area contributed by atoms with Crippen molar-refractivity contribution in [3.05, 3.63) is 22.8 Å². The maximum Gasteiger partial charge on any atom is 0.440 e. The first-order chi connectivity index (χ1) is 8.94. The van der Waals surface area contributed by atoms with Gasteiger partial charge in [-0.15, -0.1) is 0 Å². The molecular weight excluding hydrogens is 365 g/mol. The van der Waals surface area contributed by atoms with Crippen molar-refractivity contribution in [3.63, 3.8) is 0 Å². The molecule has 0 fully saturated rings. The third kappa shape index (κ3) is 2.63. The summed E-state index contributed by atoms with van der Waals surface area (Å²) >= 11 is 3.09. The fraction of sp³-hybridized carbons (Fsp3) is 0.500. The first kappa shape index (κ1) is 15.5. The van der Waals surface area contributed by atoms with Crippen LogP contribution < -0.4 is 0 Å². The Kier molecular flexibility index (Phi) is 3.54. The molecule has 0 radical (unpaired) electrons. The lowest BCUT2D eigenvalue weighted by molar-refractivity contribution is -0.264. The molecule has 20 heavy (non-hydrogen) atoms. The summed E-state index contributed by atoms with van der Waals surface area (Å²) < 4.78 is 62.4. The second-order valence-electron chi connectivity index (χ2n) is 4.56. The number of aliphatic imine (C=N–C) groups is 1. The molecule has 2 unspecified atom stereocenters. The van der Waals surface area contributed by atoms with E-state index in [1.165, 1.54) is 18.4 Å². The van der Waals surface area contributed by atoms with Gasteiger partial charge >= 0.3 is 6.18 Å². The van der Waals surface area contributed by atoms with Crippen LogP contribution in [0.3, 0.4) is 0 Å². The summed E-state index contributed by atoms with van der Waals surface area (Å²) in [7, 11) is -3.75. The van der Waals surface area contributed by atoms with E-state index in [9.17, 15) is 26.7 Å². The van der Waals surface area contributed by atoms with Gasteiger partial charge < -0.3 is 10.0 Å². The zero-order valence-corrected chi connectivity index (χ0v) is 12.5. The minimum atomic E-state index is -5.08. The van der Waals surface area contributed by atoms with Crippen LogP contribution in [0.1, 0.15) is 0 Å². The highest BCUT2D eigenvalue weighted by Gasteiger charge is 2.64. The maximum atomic E-state index is 13.1. The van der Waals surface area contributed by atoms with Gasteiger partial charge in [0.1, 0.15) is 21.7 Å². The molecule has 0 saturated heterocycles. The van der Waals surface area contributed by atoms with Crippen molar-refractivity contribution in [3.8, 4) is 0 Å². The lowest BCUT2D eigenvalue weighted by Gasteiger charge is -2.33. The average molecular weight is 375 g/mol. The van der Waals surface area contributed by atoms with Crippen molar-refractivity contribution in [2.45, 2.75) is 17.9 Å². The molecule has 0 aliphatic carbocycles. The Hall–Kier alpha value is -0.870. The van der Waals surface area contributed by atoms with E-state index in [1.54, 1.807) is 0 Å². The number of sulfone groups is 1. The molecule has 2 rings (SSSR count). The van der Waals surface area contributed by atoms with E-state index < -0.39 is 33.5 Å². The Morgan fingerprint density at radius 1 is 1.50 bits per heavy atom. The van der Waals surface area contributed by atoms with Gasteiger partial charge in [0.05, 0.1) is 5.75 Å². The highest BCUT2D eigenvalue weighted by atomic mass is 79.9. The Balaban J connectivity index is 2.52. The number of allylic oxidation sites excluding steroid dienone is 2. The molecule has 1 N–H and O–H groups in total. The van der Waals surface area contributed by atoms with Gasteiger partial charge in [-0.1, -0.05) is 0 Å². The van der Waals surface area contributed by atoms with Crippen LogP contribution >= 0.6 is 15.9 Å². The minimum absolute atomic E-state index is 0.137. The Labute approximate surface area is 121 Å². The van der Waals surface area contributed by atoms with Crippen LogP contribution in [0, 0.1) is 0 Å². The maximum absolute atomic E-state index is 13.1. The molecule has 2 aliphatic heterocycles. The van der Waals surface area contributed by atoms with Gasteiger partial charge in [-0.25, -0.2) is 13.4 Å². The molecule has 0 amide bonds. The van der Waals surface area contributed by atoms with Crippen molar-refractivity contribution in [2.24, 2.45) is 4.99 Å². The average Bonchev–Trinajstić information content (AvgIpc) is 2.51. The first-order valence-corrected chi connectivity index (χ1v) is 8.20. The quantitative estimate of drug-likeness (QED) is 0.787. The number of halogens is 4. The van der Waals surface area contributed by atoms with E-state index in [-0.39, 0.29) is 5.84 Å². The molecule has 2 heterocycles. The second kappa shape index (κ2) is 4.57. The molecule has 2 atom stereocenters. The van der Waals surface area contributed by atoms with Crippen molar-refractivity contribution in [1.29, 1.82) is 0 Å². The molecule has 0 aromatic carbocycles. The van der Waals surface area contributed by atoms with Crippen molar-refractivity contribution < 1.29 is 26.7 Å². The number of nitrogens with zero attached hydrogens (tertiary/aromatic N) is 2. The number of aliphatic hydroxyl groups is 1. The summed E-state index contributed by atoms with van der Waals surface area (Å²) in [5.41, 5.74) is -3.45. The van der Waals surface area contributed by atoms with Crippen molar-refractivity contribution in [2.75, 3.05) is 12.0 Å². The van der Waals surface area contributed by atoms with Gasteiger partial charge in [0.15, 0.2) is 0 Å². The molecule has 10 heteroatoms. The Bertz CT molecular complexity index is 626. The van der Waals surface area contributed by atoms with Crippen LogP contribution in [0.4, 0.5) is 13.2 Å². The zero-order chi connectivity index (χ0) is 15.3. The summed E-state index contributed by atoms with van der Waals surface area (Å²) in [6.07, 6.45) is -0.294. The predicted molar refractivity (Wildman–Crippen MR) is 69.9 cm³/mol. The fourth-order valence-corrected chi connectivity index (χ4v) is 3.32. The van der Waals surface area contributed by atoms with Crippen LogP contribution in [-0.2, 0) is 9.84 Å². The van der Waals surface area contributed by atoms with E-state index in [0.717, 1.165) is 11.2 Å². The third-order valence-electron chi connectivity index (χ3n) is 2.88. The summed E-state index contributed by atoms with van der Waals surface area (Å²) in [6.45, 7) is 0. The van der Waals surface area contributed by atoms with E-state index in [2.05, 4.69) is 20.9 Å². The van der Waals surface area contributed by atoms with Crippen molar-refractivity contribution in [1.82, 2.24) is 4.90 Å². The van der Waals surface area contributed by atoms with E-state index >= 15 is 0 Å². The Morgan fingerprint density at radius 3 is 2.60 bits per heavy atom. The molecule has 2 aliphatic rings. The lowest BCUT2D eigenvalue weighted by Crippen LogP contribution is -2.57. The molecule has 0 aromatic heterocycles. The number of amidine groups is 1. The van der Waals surface area contributed by atoms with Crippen LogP contribution in [0.5, 0.6) is 0 Å². The fourth-order valence-electron chi connectivity index (χ4n) is 2.01. The third-order valence-corrected chi connectivity index (χ3v) is 4.27. The van der Waals surface area contributed by atoms with Crippen molar-refractivity contribution >= 4 is 31.6 Å². The number of hydrogen-bond acceptors (Lipinski definition) is 5. The van der Waals surface area contributed by atoms with Gasteiger partial charge in [0.25, 0.3) is 5.72 Å². The summed E-state index contributed by atoms with van der Waals surface area (Å²) in [5.74, 6) is -1.01. The number of fused-ring (bicyclic) bond motifs is 1. The van der Waals surface area contributed by atoms with Crippen LogP contribution in [0.2, 0.25) is 0 Å². The van der Waals surface area contributed by atoms with E-state index in [1.807, 2.05) is 0 Å². The van der Waals surface area contributed by atoms with Gasteiger partial charge in [0, 0.05) is 16.9 Å². The molecular formula is C10H10BrF3N2O3S. The van der Waals surface area contributed by atoms with Gasteiger partial charge in [0.2, 0.25) is 0 Å². The smallest absolute Gasteiger partial charge is 0.360 e. The monoisotopic (exact) mass is 374 g/mol. The molecule has 5 nitrogen and oxygen atoms in total. The van der Waals surface area contributed by atoms with Gasteiger partial charge in [-0.3, -0.25) is 0 Å². The van der Waals surface area contributed by atoms with E-state index in [4.69, 9.17) is 0 Å². The Morgan fingerprint density at radius 2 is 2.10 bits per heavy atom. The largest absolute Gasteiger partial charge is 0.440 e. The number of rotatable bonds is 2. The minimum Gasteiger partial charge on any atom is -0.360 e. The summed E-state index contributed by atoms with van der Waals surface area (Å²) in [4.78, 5) is 4.28. The zero-order valence-electron chi connectivity index (χ0n) is 10.1. The highest BCUT2D eigenvalue weighted by Crippen LogP contribution is 2.42. The number of alkyl halides is 3. The molecule has 0 spiro atoms. The molecule has 0 bridgehead atoms. The van der Waals surface area contributed by atoms with Crippen LogP contribution in [0.25, 0.3) is 0 Å². The molecule has 0 saturated carbocycles. The lowest BCUT2D eigenvalue weighted by atomic mass is 10.1. The molecule has 112 valence electrons. The predicted octanol–water partition coefficient (Wildman–Crippen LogP) is 1.17. The SMILES string of the molecule is CS(=O)(=O)CC1N2C=C(Br)C=CC2=NC1(O)C(F)(F)F. The molecule has 0 aromatic rings. The normalized spacial score (nSPS) is 30.1. The summed E-state index contributed by atoms with van der Waals surface area (Å²) in [5, 5.41) is 9.87. The second-order valence-corrected chi connectivity index (χ2v) is 7.66. The number of hydrogen-bond donors (Lipinski definition) is 1. The topological polar surface area (TPSA) is 70.0 Å². The van der Waals surface area contributed by atoms with Gasteiger partial charge in [-0.2, -0.15) is 13.2 Å². The van der Waals surface area contributed by atoms with E-state index in [0.29, 0.717) is 4.48 Å². The highest BCUT2D eigenvalue weighted by molar-refractivity contribution is 9.11. The van der Waals surface area contributed by atoms with Crippen LogP contribution in [-0.4, -0.2) is 54.2 Å². The summed E-state index contributed by atoms with van der Waals surface area (Å²) in [6, 6.07) is -1.76. The standard InChI is InChI=1S/C10H10BrF3N2O3S/c1-20(18,19)5-7-9(17,10(12,13)14)15-8-3-2-6(11)4-16(7)8/h2-4,7,17H,5H2,1H3. The van der Waals surface area contributed by atoms with Gasteiger partial charge in [-0.05, 0) is 28.1 Å². The van der Waals surface area contributed by atoms with Crippen LogP contribution in [0.15, 0.2) is 27.8 Å². The first-order valence-electron chi connectivity index (χ1n) is 5.34.